The van der Waals surface area contributed by atoms with Crippen molar-refractivity contribution in [2.75, 3.05) is 5.32 Å². The molecule has 0 spiro atoms. The Balaban J connectivity index is 1.59. The third-order valence-electron chi connectivity index (χ3n) is 5.19. The summed E-state index contributed by atoms with van der Waals surface area (Å²) in [5, 5.41) is 7.95. The van der Waals surface area contributed by atoms with Crippen LogP contribution < -0.4 is 5.32 Å². The van der Waals surface area contributed by atoms with Crippen molar-refractivity contribution in [1.82, 2.24) is 14.6 Å². The minimum atomic E-state index is 0.478. The zero-order chi connectivity index (χ0) is 13.7. The van der Waals surface area contributed by atoms with Crippen LogP contribution in [0.3, 0.4) is 0 Å². The van der Waals surface area contributed by atoms with E-state index in [1.807, 2.05) is 23.1 Å². The lowest BCUT2D eigenvalue weighted by atomic mass is 9.84. The van der Waals surface area contributed by atoms with E-state index in [-0.39, 0.29) is 0 Å². The third-order valence-corrected chi connectivity index (χ3v) is 5.77. The average molecular weight is 335 g/mol. The summed E-state index contributed by atoms with van der Waals surface area (Å²) < 4.78 is 2.86. The van der Waals surface area contributed by atoms with E-state index in [2.05, 4.69) is 38.3 Å². The van der Waals surface area contributed by atoms with Crippen LogP contribution in [0.1, 0.15) is 32.6 Å². The molecule has 20 heavy (non-hydrogen) atoms. The lowest BCUT2D eigenvalue weighted by Gasteiger charge is -2.29. The van der Waals surface area contributed by atoms with Gasteiger partial charge in [0, 0.05) is 18.4 Å². The van der Waals surface area contributed by atoms with E-state index in [0.29, 0.717) is 6.04 Å². The highest BCUT2D eigenvalue weighted by atomic mass is 79.9. The van der Waals surface area contributed by atoms with E-state index in [9.17, 15) is 0 Å². The maximum atomic E-state index is 4.51. The number of hydrogen-bond acceptors (Lipinski definition) is 3. The van der Waals surface area contributed by atoms with Gasteiger partial charge in [-0.05, 0) is 59.9 Å². The van der Waals surface area contributed by atoms with E-state index in [1.165, 1.54) is 25.7 Å². The molecule has 0 aliphatic heterocycles. The van der Waals surface area contributed by atoms with Crippen molar-refractivity contribution < 1.29 is 0 Å². The van der Waals surface area contributed by atoms with E-state index < -0.39 is 0 Å². The van der Waals surface area contributed by atoms with Crippen LogP contribution in [-0.4, -0.2) is 20.6 Å². The third kappa shape index (κ3) is 1.94. The summed E-state index contributed by atoms with van der Waals surface area (Å²) in [7, 11) is 0. The molecule has 0 saturated heterocycles. The summed E-state index contributed by atoms with van der Waals surface area (Å²) in [5.41, 5.74) is 1.03. The molecule has 2 aromatic heterocycles. The first kappa shape index (κ1) is 12.6. The number of nitrogens with zero attached hydrogens (tertiary/aromatic N) is 3. The molecule has 2 saturated carbocycles. The Kier molecular flexibility index (Phi) is 2.98. The molecule has 0 aromatic carbocycles. The Labute approximate surface area is 127 Å². The Morgan fingerprint density at radius 2 is 2.30 bits per heavy atom. The lowest BCUT2D eigenvalue weighted by Crippen LogP contribution is -2.30. The maximum Gasteiger partial charge on any atom is 0.153 e. The summed E-state index contributed by atoms with van der Waals surface area (Å²) in [6.07, 6.45) is 11.2. The Morgan fingerprint density at radius 3 is 3.05 bits per heavy atom. The van der Waals surface area contributed by atoms with Crippen LogP contribution in [-0.2, 0) is 0 Å². The summed E-state index contributed by atoms with van der Waals surface area (Å²) in [4.78, 5) is 4.51. The van der Waals surface area contributed by atoms with Crippen molar-refractivity contribution in [2.24, 2.45) is 17.8 Å². The van der Waals surface area contributed by atoms with Gasteiger partial charge in [-0.1, -0.05) is 6.42 Å². The topological polar surface area (TPSA) is 42.2 Å². The highest BCUT2D eigenvalue weighted by molar-refractivity contribution is 9.10. The van der Waals surface area contributed by atoms with Gasteiger partial charge in [0.05, 0.1) is 10.7 Å². The molecule has 0 radical (unpaired) electrons. The van der Waals surface area contributed by atoms with Gasteiger partial charge in [-0.3, -0.25) is 0 Å². The fourth-order valence-electron chi connectivity index (χ4n) is 4.24. The van der Waals surface area contributed by atoms with Crippen LogP contribution in [0.15, 0.2) is 23.1 Å². The smallest absolute Gasteiger partial charge is 0.153 e. The summed E-state index contributed by atoms with van der Waals surface area (Å²) >= 11 is 3.56. The van der Waals surface area contributed by atoms with Gasteiger partial charge >= 0.3 is 0 Å². The standard InChI is InChI=1S/C15H19BrN4/c1-9(12-7-10-2-3-11(12)6-10)19-15-14-13(16)8-18-20(14)5-4-17-15/h4-5,8-12H,2-3,6-7H2,1H3,(H,17,19). The van der Waals surface area contributed by atoms with Crippen molar-refractivity contribution in [3.8, 4) is 0 Å². The first-order chi connectivity index (χ1) is 9.72. The van der Waals surface area contributed by atoms with Crippen molar-refractivity contribution >= 4 is 27.3 Å². The summed E-state index contributed by atoms with van der Waals surface area (Å²) in [5.74, 6) is 3.65. The van der Waals surface area contributed by atoms with Crippen molar-refractivity contribution in [3.63, 3.8) is 0 Å². The maximum absolute atomic E-state index is 4.51. The molecule has 4 rings (SSSR count). The number of fused-ring (bicyclic) bond motifs is 3. The zero-order valence-electron chi connectivity index (χ0n) is 11.6. The van der Waals surface area contributed by atoms with E-state index >= 15 is 0 Å². The molecule has 2 heterocycles. The molecule has 4 atom stereocenters. The molecule has 0 amide bonds. The van der Waals surface area contributed by atoms with E-state index in [4.69, 9.17) is 0 Å². The summed E-state index contributed by atoms with van der Waals surface area (Å²) in [6, 6.07) is 0.478. The Bertz CT molecular complexity index is 638. The molecule has 5 heteroatoms. The molecule has 2 bridgehead atoms. The molecule has 2 aliphatic carbocycles. The van der Waals surface area contributed by atoms with Crippen LogP contribution in [0.2, 0.25) is 0 Å². The first-order valence-electron chi connectivity index (χ1n) is 7.46. The molecule has 4 nitrogen and oxygen atoms in total. The Morgan fingerprint density at radius 1 is 1.40 bits per heavy atom. The fraction of sp³-hybridized carbons (Fsp3) is 0.600. The van der Waals surface area contributed by atoms with Gasteiger partial charge in [0.25, 0.3) is 0 Å². The lowest BCUT2D eigenvalue weighted by molar-refractivity contribution is 0.304. The zero-order valence-corrected chi connectivity index (χ0v) is 13.2. The molecule has 1 N–H and O–H groups in total. The predicted molar refractivity (Wildman–Crippen MR) is 82.7 cm³/mol. The Hall–Kier alpha value is -1.10. The van der Waals surface area contributed by atoms with Crippen molar-refractivity contribution in [2.45, 2.75) is 38.6 Å². The molecule has 4 unspecified atom stereocenters. The van der Waals surface area contributed by atoms with Gasteiger partial charge in [-0.2, -0.15) is 5.10 Å². The molecule has 2 aromatic rings. The van der Waals surface area contributed by atoms with Gasteiger partial charge in [-0.15, -0.1) is 0 Å². The number of anilines is 1. The van der Waals surface area contributed by atoms with Crippen LogP contribution in [0.25, 0.3) is 5.52 Å². The number of aromatic nitrogens is 3. The first-order valence-corrected chi connectivity index (χ1v) is 8.26. The second-order valence-corrected chi connectivity index (χ2v) is 7.19. The summed E-state index contributed by atoms with van der Waals surface area (Å²) in [6.45, 7) is 2.31. The van der Waals surface area contributed by atoms with Crippen molar-refractivity contribution in [3.05, 3.63) is 23.1 Å². The van der Waals surface area contributed by atoms with Gasteiger partial charge in [0.2, 0.25) is 0 Å². The van der Waals surface area contributed by atoms with Crippen LogP contribution in [0, 0.1) is 17.8 Å². The molecule has 2 fully saturated rings. The quantitative estimate of drug-likeness (QED) is 0.929. The largest absolute Gasteiger partial charge is 0.366 e. The number of hydrogen-bond donors (Lipinski definition) is 1. The monoisotopic (exact) mass is 334 g/mol. The molecule has 106 valence electrons. The van der Waals surface area contributed by atoms with Crippen LogP contribution in [0.4, 0.5) is 5.82 Å². The second-order valence-electron chi connectivity index (χ2n) is 6.33. The number of rotatable bonds is 3. The van der Waals surface area contributed by atoms with Crippen molar-refractivity contribution in [1.29, 1.82) is 0 Å². The fourth-order valence-corrected chi connectivity index (χ4v) is 4.70. The molecular formula is C15H19BrN4. The average Bonchev–Trinajstić information content (AvgIpc) is 3.15. The van der Waals surface area contributed by atoms with Gasteiger partial charge < -0.3 is 5.32 Å². The van der Waals surface area contributed by atoms with Crippen LogP contribution >= 0.6 is 15.9 Å². The SMILES string of the molecule is CC(Nc1nccn2ncc(Br)c12)C1CC2CCC1C2. The van der Waals surface area contributed by atoms with Gasteiger partial charge in [0.15, 0.2) is 5.82 Å². The van der Waals surface area contributed by atoms with Gasteiger partial charge in [0.1, 0.15) is 5.52 Å². The second kappa shape index (κ2) is 4.72. The highest BCUT2D eigenvalue weighted by Gasteiger charge is 2.41. The predicted octanol–water partition coefficient (Wildman–Crippen LogP) is 3.73. The molecule has 2 aliphatic rings. The highest BCUT2D eigenvalue weighted by Crippen LogP contribution is 2.49. The van der Waals surface area contributed by atoms with E-state index in [1.54, 1.807) is 0 Å². The number of nitrogens with one attached hydrogen (secondary N) is 1. The minimum absolute atomic E-state index is 0.478. The molecular weight excluding hydrogens is 316 g/mol. The van der Waals surface area contributed by atoms with E-state index in [0.717, 1.165) is 33.6 Å². The van der Waals surface area contributed by atoms with Gasteiger partial charge in [-0.25, -0.2) is 9.50 Å². The number of halogens is 1. The minimum Gasteiger partial charge on any atom is -0.366 e. The normalized spacial score (nSPS) is 30.0. The van der Waals surface area contributed by atoms with Crippen LogP contribution in [0.5, 0.6) is 0 Å².